The minimum Gasteiger partial charge on any atom is -0.497 e. The van der Waals surface area contributed by atoms with Gasteiger partial charge in [0.1, 0.15) is 12.4 Å². The molecule has 0 saturated carbocycles. The second-order valence-corrected chi connectivity index (χ2v) is 7.60. The van der Waals surface area contributed by atoms with Crippen LogP contribution < -0.4 is 14.2 Å². The molecular formula is C24H20BrClO4. The van der Waals surface area contributed by atoms with Crippen molar-refractivity contribution in [3.63, 3.8) is 0 Å². The van der Waals surface area contributed by atoms with Gasteiger partial charge in [-0.3, -0.25) is 4.79 Å². The first-order valence-electron chi connectivity index (χ1n) is 9.12. The van der Waals surface area contributed by atoms with Crippen LogP contribution >= 0.6 is 27.5 Å². The van der Waals surface area contributed by atoms with Gasteiger partial charge in [0.05, 0.1) is 18.7 Å². The predicted octanol–water partition coefficient (Wildman–Crippen LogP) is 6.59. The highest BCUT2D eigenvalue weighted by molar-refractivity contribution is 9.10. The van der Waals surface area contributed by atoms with E-state index in [4.69, 9.17) is 25.8 Å². The van der Waals surface area contributed by atoms with Gasteiger partial charge in [-0.05, 0) is 70.0 Å². The molecule has 0 radical (unpaired) electrons. The van der Waals surface area contributed by atoms with Gasteiger partial charge >= 0.3 is 0 Å². The van der Waals surface area contributed by atoms with Gasteiger partial charge in [-0.2, -0.15) is 0 Å². The van der Waals surface area contributed by atoms with Gasteiger partial charge in [0.15, 0.2) is 17.3 Å². The summed E-state index contributed by atoms with van der Waals surface area (Å²) in [5.74, 6) is 1.72. The zero-order chi connectivity index (χ0) is 21.5. The van der Waals surface area contributed by atoms with Crippen molar-refractivity contribution in [2.45, 2.75) is 6.61 Å². The molecule has 3 aromatic rings. The number of allylic oxidation sites excluding steroid dienone is 1. The number of carbonyl (C=O) groups is 1. The topological polar surface area (TPSA) is 44.8 Å². The Bertz CT molecular complexity index is 1060. The number of ketones is 1. The Hall–Kier alpha value is -2.76. The van der Waals surface area contributed by atoms with Gasteiger partial charge in [0, 0.05) is 16.1 Å². The van der Waals surface area contributed by atoms with E-state index in [0.29, 0.717) is 38.9 Å². The Labute approximate surface area is 189 Å². The summed E-state index contributed by atoms with van der Waals surface area (Å²) in [7, 11) is 3.16. The van der Waals surface area contributed by atoms with Crippen molar-refractivity contribution in [3.8, 4) is 17.2 Å². The Morgan fingerprint density at radius 3 is 2.43 bits per heavy atom. The first-order valence-corrected chi connectivity index (χ1v) is 10.3. The lowest BCUT2D eigenvalue weighted by Crippen LogP contribution is -2.00. The molecule has 154 valence electrons. The highest BCUT2D eigenvalue weighted by atomic mass is 79.9. The van der Waals surface area contributed by atoms with E-state index < -0.39 is 0 Å². The molecule has 0 bridgehead atoms. The molecule has 0 spiro atoms. The minimum atomic E-state index is -0.105. The first kappa shape index (κ1) is 21.9. The molecule has 0 aromatic heterocycles. The molecule has 0 fully saturated rings. The molecule has 0 aliphatic carbocycles. The molecule has 0 atom stereocenters. The van der Waals surface area contributed by atoms with Crippen LogP contribution in [0.25, 0.3) is 6.08 Å². The molecule has 0 N–H and O–H groups in total. The van der Waals surface area contributed by atoms with Crippen LogP contribution in [0.2, 0.25) is 5.02 Å². The monoisotopic (exact) mass is 486 g/mol. The van der Waals surface area contributed by atoms with Crippen molar-refractivity contribution in [1.29, 1.82) is 0 Å². The molecule has 0 amide bonds. The molecule has 4 nitrogen and oxygen atoms in total. The zero-order valence-corrected chi connectivity index (χ0v) is 18.9. The number of hydrogen-bond acceptors (Lipinski definition) is 4. The van der Waals surface area contributed by atoms with E-state index in [2.05, 4.69) is 15.9 Å². The lowest BCUT2D eigenvalue weighted by Gasteiger charge is -2.14. The highest BCUT2D eigenvalue weighted by Gasteiger charge is 2.12. The largest absolute Gasteiger partial charge is 0.497 e. The van der Waals surface area contributed by atoms with Gasteiger partial charge in [0.2, 0.25) is 0 Å². The number of hydrogen-bond donors (Lipinski definition) is 0. The number of methoxy groups -OCH3 is 2. The van der Waals surface area contributed by atoms with Crippen LogP contribution in [0.3, 0.4) is 0 Å². The number of halogens is 2. The second-order valence-electron chi connectivity index (χ2n) is 6.34. The Morgan fingerprint density at radius 1 is 1.03 bits per heavy atom. The van der Waals surface area contributed by atoms with Crippen molar-refractivity contribution in [1.82, 2.24) is 0 Å². The standard InChI is InChI=1S/C24H20BrClO4/c1-28-19-10-8-17(9-11-19)22(27)12-7-16-13-20(25)24(23(14-16)29-2)30-15-18-5-3-4-6-21(18)26/h3-14H,15H2,1-2H3/b12-7+. The smallest absolute Gasteiger partial charge is 0.185 e. The summed E-state index contributed by atoms with van der Waals surface area (Å²) in [6, 6.07) is 18.2. The maximum Gasteiger partial charge on any atom is 0.185 e. The van der Waals surface area contributed by atoms with Crippen LogP contribution in [0, 0.1) is 0 Å². The molecule has 0 unspecified atom stereocenters. The van der Waals surface area contributed by atoms with Gasteiger partial charge in [-0.15, -0.1) is 0 Å². The summed E-state index contributed by atoms with van der Waals surface area (Å²) in [5, 5.41) is 0.643. The van der Waals surface area contributed by atoms with Crippen LogP contribution in [0.15, 0.2) is 71.2 Å². The molecule has 0 aliphatic rings. The fourth-order valence-corrected chi connectivity index (χ4v) is 3.53. The van der Waals surface area contributed by atoms with Crippen LogP contribution in [-0.4, -0.2) is 20.0 Å². The van der Waals surface area contributed by atoms with E-state index in [1.54, 1.807) is 44.6 Å². The maximum atomic E-state index is 12.4. The molecule has 30 heavy (non-hydrogen) atoms. The summed E-state index contributed by atoms with van der Waals surface area (Å²) >= 11 is 9.72. The van der Waals surface area contributed by atoms with E-state index >= 15 is 0 Å². The Kier molecular flexibility index (Phi) is 7.55. The number of rotatable bonds is 8. The highest BCUT2D eigenvalue weighted by Crippen LogP contribution is 2.38. The summed E-state index contributed by atoms with van der Waals surface area (Å²) < 4.78 is 17.2. The molecule has 0 saturated heterocycles. The molecule has 0 aliphatic heterocycles. The second kappa shape index (κ2) is 10.3. The number of ether oxygens (including phenoxy) is 3. The lowest BCUT2D eigenvalue weighted by molar-refractivity contribution is 0.104. The Morgan fingerprint density at radius 2 is 1.77 bits per heavy atom. The maximum absolute atomic E-state index is 12.4. The van der Waals surface area contributed by atoms with E-state index in [9.17, 15) is 4.79 Å². The first-order chi connectivity index (χ1) is 14.5. The van der Waals surface area contributed by atoms with Crippen LogP contribution in [0.4, 0.5) is 0 Å². The third-order valence-electron chi connectivity index (χ3n) is 4.38. The summed E-state index contributed by atoms with van der Waals surface area (Å²) in [5.41, 5.74) is 2.26. The van der Waals surface area contributed by atoms with E-state index in [0.717, 1.165) is 11.1 Å². The fourth-order valence-electron chi connectivity index (χ4n) is 2.76. The lowest BCUT2D eigenvalue weighted by atomic mass is 10.1. The van der Waals surface area contributed by atoms with Gasteiger partial charge in [0.25, 0.3) is 0 Å². The van der Waals surface area contributed by atoms with E-state index in [1.165, 1.54) is 6.08 Å². The molecule has 3 rings (SSSR count). The molecule has 3 aromatic carbocycles. The third kappa shape index (κ3) is 5.43. The SMILES string of the molecule is COc1ccc(C(=O)/C=C/c2cc(Br)c(OCc3ccccc3Cl)c(OC)c2)cc1. The number of carbonyl (C=O) groups excluding carboxylic acids is 1. The molecule has 6 heteroatoms. The predicted molar refractivity (Wildman–Crippen MR) is 123 cm³/mol. The minimum absolute atomic E-state index is 0.105. The average Bonchev–Trinajstić information content (AvgIpc) is 2.77. The van der Waals surface area contributed by atoms with Gasteiger partial charge in [-0.25, -0.2) is 0 Å². The average molecular weight is 488 g/mol. The van der Waals surface area contributed by atoms with Crippen molar-refractivity contribution >= 4 is 39.4 Å². The van der Waals surface area contributed by atoms with Crippen molar-refractivity contribution in [2.24, 2.45) is 0 Å². The molecule has 0 heterocycles. The van der Waals surface area contributed by atoms with Crippen molar-refractivity contribution in [3.05, 3.63) is 92.9 Å². The number of benzene rings is 3. The normalized spacial score (nSPS) is 10.8. The van der Waals surface area contributed by atoms with Gasteiger partial charge < -0.3 is 14.2 Å². The molecular weight excluding hydrogens is 468 g/mol. The third-order valence-corrected chi connectivity index (χ3v) is 5.34. The quantitative estimate of drug-likeness (QED) is 0.265. The van der Waals surface area contributed by atoms with Crippen LogP contribution in [0.1, 0.15) is 21.5 Å². The van der Waals surface area contributed by atoms with Crippen LogP contribution in [0.5, 0.6) is 17.2 Å². The summed E-state index contributed by atoms with van der Waals surface area (Å²) in [6.45, 7) is 0.305. The fraction of sp³-hybridized carbons (Fsp3) is 0.125. The van der Waals surface area contributed by atoms with Crippen molar-refractivity contribution < 1.29 is 19.0 Å². The van der Waals surface area contributed by atoms with E-state index in [-0.39, 0.29) is 5.78 Å². The zero-order valence-electron chi connectivity index (χ0n) is 16.5. The van der Waals surface area contributed by atoms with Crippen LogP contribution in [-0.2, 0) is 6.61 Å². The van der Waals surface area contributed by atoms with Gasteiger partial charge in [-0.1, -0.05) is 35.9 Å². The van der Waals surface area contributed by atoms with Crippen molar-refractivity contribution in [2.75, 3.05) is 14.2 Å². The summed E-state index contributed by atoms with van der Waals surface area (Å²) in [6.07, 6.45) is 3.25. The summed E-state index contributed by atoms with van der Waals surface area (Å²) in [4.78, 5) is 12.4. The van der Waals surface area contributed by atoms with E-state index in [1.807, 2.05) is 36.4 Å². The Balaban J connectivity index is 1.76.